The summed E-state index contributed by atoms with van der Waals surface area (Å²) in [6.45, 7) is 9.83. The summed E-state index contributed by atoms with van der Waals surface area (Å²) in [5.74, 6) is 0. The van der Waals surface area contributed by atoms with Crippen LogP contribution in [0.1, 0.15) is 20.3 Å². The van der Waals surface area contributed by atoms with Gasteiger partial charge in [-0.25, -0.2) is 0 Å². The van der Waals surface area contributed by atoms with Crippen molar-refractivity contribution in [3.63, 3.8) is 0 Å². The lowest BCUT2D eigenvalue weighted by atomic mass is 9.99. The van der Waals surface area contributed by atoms with Crippen LogP contribution < -0.4 is 11.1 Å². The van der Waals surface area contributed by atoms with Crippen molar-refractivity contribution in [2.45, 2.75) is 25.8 Å². The largest absolute Gasteiger partial charge is 0.324 e. The lowest BCUT2D eigenvalue weighted by molar-refractivity contribution is 0.192. The minimum absolute atomic E-state index is 0.00264. The van der Waals surface area contributed by atoms with Crippen LogP contribution in [-0.2, 0) is 0 Å². The van der Waals surface area contributed by atoms with Crippen molar-refractivity contribution in [3.05, 3.63) is 0 Å². The SMILES string of the molecule is CCC(C)(N)CN1CCNCC1. The third-order valence-electron chi connectivity index (χ3n) is 2.60. The fourth-order valence-corrected chi connectivity index (χ4v) is 1.49. The highest BCUT2D eigenvalue weighted by Gasteiger charge is 2.20. The molecule has 12 heavy (non-hydrogen) atoms. The van der Waals surface area contributed by atoms with Crippen LogP contribution >= 0.6 is 0 Å². The number of nitrogens with zero attached hydrogens (tertiary/aromatic N) is 1. The van der Waals surface area contributed by atoms with Gasteiger partial charge in [-0.3, -0.25) is 4.90 Å². The Balaban J connectivity index is 2.28. The molecule has 1 aliphatic rings. The average molecular weight is 171 g/mol. The molecule has 1 rings (SSSR count). The maximum atomic E-state index is 6.08. The summed E-state index contributed by atoms with van der Waals surface area (Å²) in [6, 6.07) is 0. The van der Waals surface area contributed by atoms with Gasteiger partial charge in [0, 0.05) is 38.3 Å². The number of piperazine rings is 1. The van der Waals surface area contributed by atoms with Crippen LogP contribution in [0, 0.1) is 0 Å². The van der Waals surface area contributed by atoms with Gasteiger partial charge >= 0.3 is 0 Å². The summed E-state index contributed by atoms with van der Waals surface area (Å²) >= 11 is 0. The van der Waals surface area contributed by atoms with Crippen molar-refractivity contribution >= 4 is 0 Å². The maximum absolute atomic E-state index is 6.08. The maximum Gasteiger partial charge on any atom is 0.0252 e. The fourth-order valence-electron chi connectivity index (χ4n) is 1.49. The first-order chi connectivity index (χ1) is 5.64. The molecule has 0 aliphatic carbocycles. The van der Waals surface area contributed by atoms with E-state index in [-0.39, 0.29) is 5.54 Å². The predicted octanol–water partition coefficient (Wildman–Crippen LogP) is 0.0190. The van der Waals surface area contributed by atoms with E-state index >= 15 is 0 Å². The average Bonchev–Trinajstić information content (AvgIpc) is 2.06. The zero-order valence-corrected chi connectivity index (χ0v) is 8.27. The molecular formula is C9H21N3. The summed E-state index contributed by atoms with van der Waals surface area (Å²) in [6.07, 6.45) is 1.05. The van der Waals surface area contributed by atoms with Crippen LogP contribution in [0.2, 0.25) is 0 Å². The smallest absolute Gasteiger partial charge is 0.0252 e. The van der Waals surface area contributed by atoms with E-state index in [0.29, 0.717) is 0 Å². The molecule has 1 unspecified atom stereocenters. The molecular weight excluding hydrogens is 150 g/mol. The van der Waals surface area contributed by atoms with Crippen molar-refractivity contribution in [1.82, 2.24) is 10.2 Å². The highest BCUT2D eigenvalue weighted by Crippen LogP contribution is 2.07. The molecule has 0 saturated carbocycles. The Kier molecular flexibility index (Phi) is 3.50. The fraction of sp³-hybridized carbons (Fsp3) is 1.00. The Morgan fingerprint density at radius 1 is 1.42 bits per heavy atom. The molecule has 0 radical (unpaired) electrons. The number of rotatable bonds is 3. The number of hydrogen-bond acceptors (Lipinski definition) is 3. The van der Waals surface area contributed by atoms with Gasteiger partial charge in [-0.15, -0.1) is 0 Å². The Morgan fingerprint density at radius 3 is 2.50 bits per heavy atom. The van der Waals surface area contributed by atoms with Crippen LogP contribution in [0.5, 0.6) is 0 Å². The van der Waals surface area contributed by atoms with Gasteiger partial charge in [0.05, 0.1) is 0 Å². The number of nitrogens with one attached hydrogen (secondary N) is 1. The van der Waals surface area contributed by atoms with Crippen LogP contribution in [0.3, 0.4) is 0 Å². The van der Waals surface area contributed by atoms with E-state index in [1.54, 1.807) is 0 Å². The third-order valence-corrected chi connectivity index (χ3v) is 2.60. The quantitative estimate of drug-likeness (QED) is 0.629. The molecule has 0 spiro atoms. The van der Waals surface area contributed by atoms with Crippen LogP contribution in [0.25, 0.3) is 0 Å². The molecule has 1 saturated heterocycles. The van der Waals surface area contributed by atoms with Crippen molar-refractivity contribution < 1.29 is 0 Å². The topological polar surface area (TPSA) is 41.3 Å². The van der Waals surface area contributed by atoms with Gasteiger partial charge in [0.2, 0.25) is 0 Å². The summed E-state index contributed by atoms with van der Waals surface area (Å²) < 4.78 is 0. The molecule has 3 nitrogen and oxygen atoms in total. The van der Waals surface area contributed by atoms with E-state index < -0.39 is 0 Å². The van der Waals surface area contributed by atoms with E-state index in [9.17, 15) is 0 Å². The van der Waals surface area contributed by atoms with Gasteiger partial charge in [-0.2, -0.15) is 0 Å². The van der Waals surface area contributed by atoms with E-state index in [4.69, 9.17) is 5.73 Å². The molecule has 1 aliphatic heterocycles. The molecule has 1 fully saturated rings. The zero-order chi connectivity index (χ0) is 9.03. The second-order valence-corrected chi connectivity index (χ2v) is 4.03. The molecule has 3 N–H and O–H groups in total. The first-order valence-electron chi connectivity index (χ1n) is 4.86. The van der Waals surface area contributed by atoms with E-state index in [0.717, 1.165) is 39.1 Å². The van der Waals surface area contributed by atoms with Crippen LogP contribution in [0.15, 0.2) is 0 Å². The molecule has 0 bridgehead atoms. The van der Waals surface area contributed by atoms with Crippen molar-refractivity contribution in [3.8, 4) is 0 Å². The normalized spacial score (nSPS) is 25.2. The van der Waals surface area contributed by atoms with Gasteiger partial charge in [0.25, 0.3) is 0 Å². The minimum Gasteiger partial charge on any atom is -0.324 e. The Labute approximate surface area is 75.3 Å². The molecule has 72 valence electrons. The van der Waals surface area contributed by atoms with Gasteiger partial charge in [-0.05, 0) is 13.3 Å². The number of nitrogens with two attached hydrogens (primary N) is 1. The number of hydrogen-bond donors (Lipinski definition) is 2. The molecule has 0 amide bonds. The molecule has 0 aromatic heterocycles. The Hall–Kier alpha value is -0.120. The highest BCUT2D eigenvalue weighted by atomic mass is 15.2. The van der Waals surface area contributed by atoms with Gasteiger partial charge < -0.3 is 11.1 Å². The van der Waals surface area contributed by atoms with Gasteiger partial charge in [0.15, 0.2) is 0 Å². The molecule has 0 aromatic carbocycles. The first kappa shape index (κ1) is 9.96. The summed E-state index contributed by atoms with van der Waals surface area (Å²) in [5, 5.41) is 3.34. The minimum atomic E-state index is -0.00264. The monoisotopic (exact) mass is 171 g/mol. The van der Waals surface area contributed by atoms with Gasteiger partial charge in [0.1, 0.15) is 0 Å². The van der Waals surface area contributed by atoms with E-state index in [2.05, 4.69) is 24.1 Å². The summed E-state index contributed by atoms with van der Waals surface area (Å²) in [4.78, 5) is 2.44. The lowest BCUT2D eigenvalue weighted by Crippen LogP contribution is -2.52. The molecule has 1 atom stereocenters. The van der Waals surface area contributed by atoms with E-state index in [1.165, 1.54) is 0 Å². The summed E-state index contributed by atoms with van der Waals surface area (Å²) in [7, 11) is 0. The first-order valence-corrected chi connectivity index (χ1v) is 4.86. The van der Waals surface area contributed by atoms with Crippen molar-refractivity contribution in [1.29, 1.82) is 0 Å². The molecule has 0 aromatic rings. The third kappa shape index (κ3) is 3.09. The Morgan fingerprint density at radius 2 is 2.00 bits per heavy atom. The predicted molar refractivity (Wildman–Crippen MR) is 52.2 cm³/mol. The van der Waals surface area contributed by atoms with Gasteiger partial charge in [-0.1, -0.05) is 6.92 Å². The summed E-state index contributed by atoms with van der Waals surface area (Å²) in [5.41, 5.74) is 6.08. The van der Waals surface area contributed by atoms with E-state index in [1.807, 2.05) is 0 Å². The van der Waals surface area contributed by atoms with Crippen LogP contribution in [0.4, 0.5) is 0 Å². The lowest BCUT2D eigenvalue weighted by Gasteiger charge is -2.34. The standard InChI is InChI=1S/C9H21N3/c1-3-9(2,10)8-12-6-4-11-5-7-12/h11H,3-8,10H2,1-2H3. The van der Waals surface area contributed by atoms with Crippen molar-refractivity contribution in [2.75, 3.05) is 32.7 Å². The zero-order valence-electron chi connectivity index (χ0n) is 8.27. The second-order valence-electron chi connectivity index (χ2n) is 4.03. The highest BCUT2D eigenvalue weighted by molar-refractivity contribution is 4.82. The Bertz CT molecular complexity index is 128. The van der Waals surface area contributed by atoms with Crippen LogP contribution in [-0.4, -0.2) is 43.2 Å². The molecule has 3 heteroatoms. The van der Waals surface area contributed by atoms with Crippen molar-refractivity contribution in [2.24, 2.45) is 5.73 Å². The molecule has 1 heterocycles. The second kappa shape index (κ2) is 4.21.